The maximum Gasteiger partial charge on any atom is 0.225 e. The van der Waals surface area contributed by atoms with Crippen LogP contribution in [0.1, 0.15) is 36.0 Å². The van der Waals surface area contributed by atoms with Gasteiger partial charge in [-0.3, -0.25) is 14.7 Å². The summed E-state index contributed by atoms with van der Waals surface area (Å²) in [6.45, 7) is 10.3. The van der Waals surface area contributed by atoms with Crippen molar-refractivity contribution in [2.45, 2.75) is 32.4 Å². The normalized spacial score (nSPS) is 19.6. The molecule has 1 fully saturated rings. The number of anilines is 1. The fraction of sp³-hybridized carbons (Fsp3) is 0.462. The smallest absolute Gasteiger partial charge is 0.225 e. The number of hydrogen-bond donors (Lipinski definition) is 3. The SMILES string of the molecule is CCN1CCN(Cc2ccccc2CNC(=NC)NCC2CC(=O)Nc3ccccc32)CC1. The van der Waals surface area contributed by atoms with E-state index in [1.165, 1.54) is 16.7 Å². The topological polar surface area (TPSA) is 72.0 Å². The molecule has 7 heteroatoms. The molecule has 4 rings (SSSR count). The second-order valence-electron chi connectivity index (χ2n) is 8.82. The summed E-state index contributed by atoms with van der Waals surface area (Å²) in [4.78, 5) is 21.6. The van der Waals surface area contributed by atoms with Gasteiger partial charge in [-0.05, 0) is 29.3 Å². The Morgan fingerprint density at radius 2 is 1.70 bits per heavy atom. The van der Waals surface area contributed by atoms with Gasteiger partial charge in [0.15, 0.2) is 5.96 Å². The molecule has 2 aliphatic heterocycles. The molecule has 33 heavy (non-hydrogen) atoms. The molecular weight excluding hydrogens is 412 g/mol. The van der Waals surface area contributed by atoms with Crippen LogP contribution in [0.5, 0.6) is 0 Å². The number of hydrogen-bond acceptors (Lipinski definition) is 4. The van der Waals surface area contributed by atoms with Gasteiger partial charge >= 0.3 is 0 Å². The van der Waals surface area contributed by atoms with Crippen LogP contribution in [0.4, 0.5) is 5.69 Å². The molecular formula is C26H36N6O. The Labute approximate surface area is 197 Å². The molecule has 3 N–H and O–H groups in total. The summed E-state index contributed by atoms with van der Waals surface area (Å²) in [5.41, 5.74) is 4.75. The molecule has 2 aliphatic rings. The van der Waals surface area contributed by atoms with Gasteiger partial charge < -0.3 is 20.9 Å². The van der Waals surface area contributed by atoms with Gasteiger partial charge in [-0.2, -0.15) is 0 Å². The van der Waals surface area contributed by atoms with Gasteiger partial charge in [-0.25, -0.2) is 0 Å². The lowest BCUT2D eigenvalue weighted by molar-refractivity contribution is -0.116. The summed E-state index contributed by atoms with van der Waals surface area (Å²) in [6.07, 6.45) is 0.481. The third-order valence-corrected chi connectivity index (χ3v) is 6.72. The third-order valence-electron chi connectivity index (χ3n) is 6.72. The number of para-hydroxylation sites is 1. The molecule has 0 saturated carbocycles. The number of rotatable bonds is 7. The fourth-order valence-electron chi connectivity index (χ4n) is 4.69. The number of carbonyl (C=O) groups excluding carboxylic acids is 1. The largest absolute Gasteiger partial charge is 0.356 e. The molecule has 0 aromatic heterocycles. The van der Waals surface area contributed by atoms with E-state index in [4.69, 9.17) is 0 Å². The molecule has 1 unspecified atom stereocenters. The number of likely N-dealkylation sites (N-methyl/N-ethyl adjacent to an activating group) is 1. The van der Waals surface area contributed by atoms with E-state index >= 15 is 0 Å². The van der Waals surface area contributed by atoms with Crippen molar-refractivity contribution in [3.63, 3.8) is 0 Å². The number of carbonyl (C=O) groups is 1. The molecule has 0 spiro atoms. The summed E-state index contributed by atoms with van der Waals surface area (Å²) in [6, 6.07) is 16.7. The van der Waals surface area contributed by atoms with Crippen molar-refractivity contribution >= 4 is 17.6 Å². The number of piperazine rings is 1. The fourth-order valence-corrected chi connectivity index (χ4v) is 4.69. The monoisotopic (exact) mass is 448 g/mol. The standard InChI is InChI=1S/C26H36N6O/c1-3-31-12-14-32(15-13-31)19-21-9-5-4-8-20(21)17-28-26(27-2)29-18-22-16-25(33)30-24-11-7-6-10-23(22)24/h4-11,22H,3,12-19H2,1-2H3,(H,30,33)(H2,27,28,29). The zero-order chi connectivity index (χ0) is 23.0. The van der Waals surface area contributed by atoms with E-state index < -0.39 is 0 Å². The molecule has 176 valence electrons. The molecule has 0 bridgehead atoms. The Hall–Kier alpha value is -2.90. The van der Waals surface area contributed by atoms with Gasteiger partial charge in [0.1, 0.15) is 0 Å². The molecule has 1 atom stereocenters. The highest BCUT2D eigenvalue weighted by atomic mass is 16.1. The minimum absolute atomic E-state index is 0.0668. The minimum atomic E-state index is 0.0668. The van der Waals surface area contributed by atoms with Crippen LogP contribution >= 0.6 is 0 Å². The summed E-state index contributed by atoms with van der Waals surface area (Å²) in [5.74, 6) is 0.949. The lowest BCUT2D eigenvalue weighted by atomic mass is 9.90. The van der Waals surface area contributed by atoms with E-state index in [9.17, 15) is 4.79 Å². The van der Waals surface area contributed by atoms with E-state index in [1.54, 1.807) is 7.05 Å². The zero-order valence-corrected chi connectivity index (χ0v) is 19.8. The number of benzene rings is 2. The predicted octanol–water partition coefficient (Wildman–Crippen LogP) is 2.62. The van der Waals surface area contributed by atoms with Gasteiger partial charge in [-0.15, -0.1) is 0 Å². The molecule has 2 aromatic rings. The first-order chi connectivity index (χ1) is 16.2. The second kappa shape index (κ2) is 11.3. The summed E-state index contributed by atoms with van der Waals surface area (Å²) in [5, 5.41) is 9.86. The average molecular weight is 449 g/mol. The highest BCUT2D eigenvalue weighted by Crippen LogP contribution is 2.31. The zero-order valence-electron chi connectivity index (χ0n) is 19.8. The van der Waals surface area contributed by atoms with Crippen molar-refractivity contribution in [2.24, 2.45) is 4.99 Å². The van der Waals surface area contributed by atoms with Crippen molar-refractivity contribution in [3.8, 4) is 0 Å². The minimum Gasteiger partial charge on any atom is -0.356 e. The Balaban J connectivity index is 1.32. The third kappa shape index (κ3) is 6.12. The van der Waals surface area contributed by atoms with Gasteiger partial charge in [0.05, 0.1) is 0 Å². The Kier molecular flexibility index (Phi) is 7.96. The molecule has 1 amide bonds. The highest BCUT2D eigenvalue weighted by molar-refractivity contribution is 5.94. The van der Waals surface area contributed by atoms with Crippen molar-refractivity contribution in [3.05, 3.63) is 65.2 Å². The second-order valence-corrected chi connectivity index (χ2v) is 8.82. The van der Waals surface area contributed by atoms with Crippen molar-refractivity contribution in [1.29, 1.82) is 0 Å². The van der Waals surface area contributed by atoms with Crippen LogP contribution in [0.3, 0.4) is 0 Å². The van der Waals surface area contributed by atoms with Crippen LogP contribution in [0.15, 0.2) is 53.5 Å². The molecule has 2 aromatic carbocycles. The summed E-state index contributed by atoms with van der Waals surface area (Å²) in [7, 11) is 1.79. The van der Waals surface area contributed by atoms with E-state index in [-0.39, 0.29) is 11.8 Å². The van der Waals surface area contributed by atoms with Gasteiger partial charge in [-0.1, -0.05) is 49.4 Å². The first-order valence-electron chi connectivity index (χ1n) is 12.0. The lowest BCUT2D eigenvalue weighted by Gasteiger charge is -2.34. The van der Waals surface area contributed by atoms with Crippen molar-refractivity contribution in [2.75, 3.05) is 51.6 Å². The first kappa shape index (κ1) is 23.3. The molecule has 7 nitrogen and oxygen atoms in total. The number of fused-ring (bicyclic) bond motifs is 1. The Bertz CT molecular complexity index is 967. The maximum atomic E-state index is 12.1. The molecule has 2 heterocycles. The summed E-state index contributed by atoms with van der Waals surface area (Å²) < 4.78 is 0. The Morgan fingerprint density at radius 3 is 2.45 bits per heavy atom. The number of amides is 1. The van der Waals surface area contributed by atoms with Gasteiger partial charge in [0.2, 0.25) is 5.91 Å². The van der Waals surface area contributed by atoms with Crippen LogP contribution < -0.4 is 16.0 Å². The molecule has 1 saturated heterocycles. The van der Waals surface area contributed by atoms with Crippen molar-refractivity contribution < 1.29 is 4.79 Å². The Morgan fingerprint density at radius 1 is 1.00 bits per heavy atom. The van der Waals surface area contributed by atoms with Crippen LogP contribution in [-0.4, -0.2) is 68.0 Å². The van der Waals surface area contributed by atoms with Crippen LogP contribution in [0.25, 0.3) is 0 Å². The van der Waals surface area contributed by atoms with E-state index in [0.29, 0.717) is 19.5 Å². The predicted molar refractivity (Wildman–Crippen MR) is 134 cm³/mol. The number of aliphatic imine (C=N–C) groups is 1. The molecule has 0 radical (unpaired) electrons. The summed E-state index contributed by atoms with van der Waals surface area (Å²) >= 11 is 0. The molecule has 0 aliphatic carbocycles. The quantitative estimate of drug-likeness (QED) is 0.449. The average Bonchev–Trinajstić information content (AvgIpc) is 2.85. The van der Waals surface area contributed by atoms with Gasteiger partial charge in [0, 0.05) is 70.9 Å². The van der Waals surface area contributed by atoms with Crippen LogP contribution in [-0.2, 0) is 17.9 Å². The van der Waals surface area contributed by atoms with E-state index in [1.807, 2.05) is 18.2 Å². The van der Waals surface area contributed by atoms with Crippen LogP contribution in [0.2, 0.25) is 0 Å². The van der Waals surface area contributed by atoms with E-state index in [0.717, 1.165) is 50.9 Å². The first-order valence-corrected chi connectivity index (χ1v) is 12.0. The maximum absolute atomic E-state index is 12.1. The van der Waals surface area contributed by atoms with E-state index in [2.05, 4.69) is 68.0 Å². The number of nitrogens with zero attached hydrogens (tertiary/aromatic N) is 3. The van der Waals surface area contributed by atoms with Crippen LogP contribution in [0, 0.1) is 0 Å². The number of nitrogens with one attached hydrogen (secondary N) is 3. The van der Waals surface area contributed by atoms with Gasteiger partial charge in [0.25, 0.3) is 0 Å². The number of guanidine groups is 1. The lowest BCUT2D eigenvalue weighted by Crippen LogP contribution is -2.45. The van der Waals surface area contributed by atoms with Crippen molar-refractivity contribution in [1.82, 2.24) is 20.4 Å². The highest BCUT2D eigenvalue weighted by Gasteiger charge is 2.24.